The lowest BCUT2D eigenvalue weighted by Gasteiger charge is -2.22. The summed E-state index contributed by atoms with van der Waals surface area (Å²) in [6.07, 6.45) is 1.56. The molecule has 2 heterocycles. The minimum absolute atomic E-state index is 0.506. The van der Waals surface area contributed by atoms with Crippen LogP contribution in [0.25, 0.3) is 0 Å². The Morgan fingerprint density at radius 1 is 1.10 bits per heavy atom. The summed E-state index contributed by atoms with van der Waals surface area (Å²) in [6, 6.07) is 11.1. The van der Waals surface area contributed by atoms with Crippen LogP contribution in [0.3, 0.4) is 0 Å². The van der Waals surface area contributed by atoms with Gasteiger partial charge in [-0.2, -0.15) is 0 Å². The molecule has 1 fully saturated rings. The van der Waals surface area contributed by atoms with Gasteiger partial charge in [0.1, 0.15) is 5.75 Å². The summed E-state index contributed by atoms with van der Waals surface area (Å²) >= 11 is 0. The third-order valence-electron chi connectivity index (χ3n) is 3.20. The molecule has 0 saturated carbocycles. The maximum atomic E-state index is 5.64. The summed E-state index contributed by atoms with van der Waals surface area (Å²) in [5.74, 6) is 0.553. The van der Waals surface area contributed by atoms with Crippen LogP contribution >= 0.6 is 0 Å². The highest BCUT2D eigenvalue weighted by Crippen LogP contribution is 2.32. The van der Waals surface area contributed by atoms with E-state index >= 15 is 0 Å². The van der Waals surface area contributed by atoms with Gasteiger partial charge in [0.05, 0.1) is 25.1 Å². The third kappa shape index (κ3) is 2.59. The van der Waals surface area contributed by atoms with Crippen molar-refractivity contribution in [3.05, 3.63) is 48.2 Å². The van der Waals surface area contributed by atoms with Gasteiger partial charge in [-0.15, -0.1) is 0 Å². The zero-order valence-electron chi connectivity index (χ0n) is 11.2. The number of ether oxygens (including phenoxy) is 3. The number of aromatic nitrogens is 1. The lowest BCUT2D eigenvalue weighted by atomic mass is 10.1. The highest BCUT2D eigenvalue weighted by atomic mass is 16.7. The van der Waals surface area contributed by atoms with Crippen molar-refractivity contribution in [3.8, 4) is 11.6 Å². The maximum Gasteiger partial charge on any atom is 0.219 e. The van der Waals surface area contributed by atoms with E-state index in [0.29, 0.717) is 30.5 Å². The summed E-state index contributed by atoms with van der Waals surface area (Å²) in [6.45, 7) is 3.14. The van der Waals surface area contributed by atoms with Crippen LogP contribution in [0.1, 0.15) is 12.5 Å². The monoisotopic (exact) mass is 272 g/mol. The van der Waals surface area contributed by atoms with Crippen LogP contribution in [0.5, 0.6) is 11.6 Å². The molecule has 1 aliphatic rings. The van der Waals surface area contributed by atoms with Crippen LogP contribution in [0.4, 0.5) is 5.69 Å². The standard InChI is InChI=1S/C15H16N2O3/c1-15(18-8-9-19-15)11-2-5-13(6-3-11)20-14-7-4-12(16)10-17-14/h2-7,10H,8-9,16H2,1H3. The number of pyridine rings is 1. The van der Waals surface area contributed by atoms with E-state index in [0.717, 1.165) is 5.56 Å². The van der Waals surface area contributed by atoms with Gasteiger partial charge in [-0.3, -0.25) is 0 Å². The van der Waals surface area contributed by atoms with Crippen molar-refractivity contribution in [2.24, 2.45) is 0 Å². The van der Waals surface area contributed by atoms with Crippen molar-refractivity contribution < 1.29 is 14.2 Å². The molecule has 5 nitrogen and oxygen atoms in total. The largest absolute Gasteiger partial charge is 0.439 e. The zero-order valence-corrected chi connectivity index (χ0v) is 11.2. The molecule has 5 heteroatoms. The average molecular weight is 272 g/mol. The van der Waals surface area contributed by atoms with Crippen LogP contribution in [-0.4, -0.2) is 18.2 Å². The first-order valence-electron chi connectivity index (χ1n) is 6.44. The SMILES string of the molecule is CC1(c2ccc(Oc3ccc(N)cn3)cc2)OCCO1. The van der Waals surface area contributed by atoms with Gasteiger partial charge in [-0.1, -0.05) is 0 Å². The topological polar surface area (TPSA) is 66.6 Å². The molecule has 0 unspecified atom stereocenters. The van der Waals surface area contributed by atoms with Crippen LogP contribution < -0.4 is 10.5 Å². The van der Waals surface area contributed by atoms with Crippen molar-refractivity contribution in [2.45, 2.75) is 12.7 Å². The molecule has 1 aromatic heterocycles. The minimum atomic E-state index is -0.655. The number of anilines is 1. The van der Waals surface area contributed by atoms with Gasteiger partial charge < -0.3 is 19.9 Å². The fourth-order valence-corrected chi connectivity index (χ4v) is 2.08. The summed E-state index contributed by atoms with van der Waals surface area (Å²) in [4.78, 5) is 4.09. The molecule has 1 saturated heterocycles. The van der Waals surface area contributed by atoms with Gasteiger partial charge >= 0.3 is 0 Å². The van der Waals surface area contributed by atoms with Gasteiger partial charge in [-0.25, -0.2) is 4.98 Å². The predicted octanol–water partition coefficient (Wildman–Crippen LogP) is 2.68. The molecule has 0 radical (unpaired) electrons. The van der Waals surface area contributed by atoms with Gasteiger partial charge in [0.2, 0.25) is 5.88 Å². The van der Waals surface area contributed by atoms with Gasteiger partial charge in [0.25, 0.3) is 0 Å². The lowest BCUT2D eigenvalue weighted by Crippen LogP contribution is -2.22. The molecule has 0 bridgehead atoms. The number of nitrogens with two attached hydrogens (primary N) is 1. The Hall–Kier alpha value is -2.11. The number of benzene rings is 1. The molecule has 20 heavy (non-hydrogen) atoms. The highest BCUT2D eigenvalue weighted by Gasteiger charge is 2.32. The van der Waals surface area contributed by atoms with Crippen LogP contribution in [0, 0.1) is 0 Å². The molecule has 0 aliphatic carbocycles. The Balaban J connectivity index is 1.74. The van der Waals surface area contributed by atoms with Gasteiger partial charge in [0, 0.05) is 11.6 Å². The number of rotatable bonds is 3. The van der Waals surface area contributed by atoms with E-state index in [1.807, 2.05) is 31.2 Å². The predicted molar refractivity (Wildman–Crippen MR) is 74.4 cm³/mol. The van der Waals surface area contributed by atoms with Crippen molar-refractivity contribution in [3.63, 3.8) is 0 Å². The molecule has 3 rings (SSSR count). The Kier molecular flexibility index (Phi) is 3.30. The summed E-state index contributed by atoms with van der Waals surface area (Å²) in [5, 5.41) is 0. The van der Waals surface area contributed by atoms with E-state index in [1.54, 1.807) is 18.3 Å². The van der Waals surface area contributed by atoms with E-state index in [2.05, 4.69) is 4.98 Å². The zero-order chi connectivity index (χ0) is 14.0. The third-order valence-corrected chi connectivity index (χ3v) is 3.20. The molecule has 0 atom stereocenters. The smallest absolute Gasteiger partial charge is 0.219 e. The van der Waals surface area contributed by atoms with Crippen molar-refractivity contribution in [2.75, 3.05) is 18.9 Å². The van der Waals surface area contributed by atoms with Crippen LogP contribution in [0.2, 0.25) is 0 Å². The molecule has 2 aromatic rings. The molecule has 1 aliphatic heterocycles. The van der Waals surface area contributed by atoms with Crippen molar-refractivity contribution in [1.29, 1.82) is 0 Å². The second-order valence-corrected chi connectivity index (χ2v) is 4.70. The van der Waals surface area contributed by atoms with E-state index in [-0.39, 0.29) is 0 Å². The number of hydrogen-bond acceptors (Lipinski definition) is 5. The van der Waals surface area contributed by atoms with Crippen LogP contribution in [0.15, 0.2) is 42.6 Å². The lowest BCUT2D eigenvalue weighted by molar-refractivity contribution is -0.149. The van der Waals surface area contributed by atoms with Crippen molar-refractivity contribution in [1.82, 2.24) is 4.98 Å². The van der Waals surface area contributed by atoms with E-state index < -0.39 is 5.79 Å². The molecule has 0 amide bonds. The van der Waals surface area contributed by atoms with Gasteiger partial charge in [0.15, 0.2) is 5.79 Å². The minimum Gasteiger partial charge on any atom is -0.439 e. The first-order valence-corrected chi connectivity index (χ1v) is 6.44. The Labute approximate surface area is 117 Å². The second-order valence-electron chi connectivity index (χ2n) is 4.70. The quantitative estimate of drug-likeness (QED) is 0.930. The highest BCUT2D eigenvalue weighted by molar-refractivity contribution is 5.38. The summed E-state index contributed by atoms with van der Waals surface area (Å²) in [7, 11) is 0. The number of nitrogen functional groups attached to an aromatic ring is 1. The van der Waals surface area contributed by atoms with E-state index in [1.165, 1.54) is 0 Å². The van der Waals surface area contributed by atoms with E-state index in [4.69, 9.17) is 19.9 Å². The normalized spacial score (nSPS) is 17.1. The van der Waals surface area contributed by atoms with Crippen molar-refractivity contribution >= 4 is 5.69 Å². The number of hydrogen-bond donors (Lipinski definition) is 1. The average Bonchev–Trinajstić information content (AvgIpc) is 2.90. The Bertz CT molecular complexity index is 575. The molecular weight excluding hydrogens is 256 g/mol. The summed E-state index contributed by atoms with van der Waals surface area (Å²) < 4.78 is 16.9. The molecule has 1 aromatic carbocycles. The first-order chi connectivity index (χ1) is 9.66. The maximum absolute atomic E-state index is 5.64. The second kappa shape index (κ2) is 5.11. The molecular formula is C15H16N2O3. The molecule has 104 valence electrons. The van der Waals surface area contributed by atoms with Crippen LogP contribution in [-0.2, 0) is 15.3 Å². The summed E-state index contributed by atoms with van der Waals surface area (Å²) in [5.41, 5.74) is 7.15. The van der Waals surface area contributed by atoms with E-state index in [9.17, 15) is 0 Å². The van der Waals surface area contributed by atoms with Gasteiger partial charge in [-0.05, 0) is 37.3 Å². The molecule has 2 N–H and O–H groups in total. The molecule has 0 spiro atoms. The fraction of sp³-hybridized carbons (Fsp3) is 0.267. The Morgan fingerprint density at radius 2 is 1.80 bits per heavy atom. The number of nitrogens with zero attached hydrogens (tertiary/aromatic N) is 1. The Morgan fingerprint density at radius 3 is 2.40 bits per heavy atom. The fourth-order valence-electron chi connectivity index (χ4n) is 2.08. The first kappa shape index (κ1) is 12.9.